The minimum absolute atomic E-state index is 0.000731. The molecular weight excluding hydrogens is 271 g/mol. The van der Waals surface area contributed by atoms with Crippen LogP contribution in [0.3, 0.4) is 0 Å². The van der Waals surface area contributed by atoms with Crippen molar-refractivity contribution in [1.29, 1.82) is 0 Å². The molecule has 4 nitrogen and oxygen atoms in total. The summed E-state index contributed by atoms with van der Waals surface area (Å²) in [6.45, 7) is 7.33. The van der Waals surface area contributed by atoms with Crippen LogP contribution < -0.4 is 5.32 Å². The number of benzene rings is 1. The summed E-state index contributed by atoms with van der Waals surface area (Å²) in [5, 5.41) is 2.62. The molecule has 1 aliphatic heterocycles. The van der Waals surface area contributed by atoms with Crippen LogP contribution in [0, 0.1) is 18.7 Å². The van der Waals surface area contributed by atoms with Crippen molar-refractivity contribution in [2.75, 3.05) is 6.54 Å². The van der Waals surface area contributed by atoms with Crippen LogP contribution in [0.4, 0.5) is 4.39 Å². The molecule has 2 unspecified atom stereocenters. The Labute approximate surface area is 124 Å². The number of nitrogens with one attached hydrogen (secondary N) is 1. The second-order valence-electron chi connectivity index (χ2n) is 5.89. The molecule has 1 N–H and O–H groups in total. The van der Waals surface area contributed by atoms with Gasteiger partial charge in [-0.15, -0.1) is 0 Å². The molecule has 114 valence electrons. The van der Waals surface area contributed by atoms with E-state index in [0.717, 1.165) is 0 Å². The summed E-state index contributed by atoms with van der Waals surface area (Å²) in [7, 11) is 0. The largest absolute Gasteiger partial charge is 0.345 e. The van der Waals surface area contributed by atoms with Gasteiger partial charge in [0.1, 0.15) is 11.9 Å². The first-order valence-electron chi connectivity index (χ1n) is 7.18. The number of halogens is 1. The molecule has 0 radical (unpaired) electrons. The number of hydrogen-bond acceptors (Lipinski definition) is 2. The maximum atomic E-state index is 13.8. The average Bonchev–Trinajstić information content (AvgIpc) is 2.43. The number of hydrogen-bond donors (Lipinski definition) is 1. The molecule has 2 amide bonds. The lowest BCUT2D eigenvalue weighted by molar-refractivity contribution is -0.150. The van der Waals surface area contributed by atoms with Crippen LogP contribution in [0.25, 0.3) is 0 Å². The minimum Gasteiger partial charge on any atom is -0.345 e. The van der Waals surface area contributed by atoms with Crippen LogP contribution in [-0.2, 0) is 9.59 Å². The summed E-state index contributed by atoms with van der Waals surface area (Å²) < 4.78 is 13.8. The van der Waals surface area contributed by atoms with E-state index in [1.54, 1.807) is 24.0 Å². The highest BCUT2D eigenvalue weighted by Gasteiger charge is 2.39. The number of piperazine rings is 1. The summed E-state index contributed by atoms with van der Waals surface area (Å²) in [5.74, 6) is -0.591. The fourth-order valence-electron chi connectivity index (χ4n) is 2.75. The van der Waals surface area contributed by atoms with E-state index in [1.165, 1.54) is 6.07 Å². The highest BCUT2D eigenvalue weighted by atomic mass is 19.1. The third kappa shape index (κ3) is 2.91. The fourth-order valence-corrected chi connectivity index (χ4v) is 2.75. The highest BCUT2D eigenvalue weighted by Crippen LogP contribution is 2.28. The molecule has 2 rings (SSSR count). The smallest absolute Gasteiger partial charge is 0.243 e. The van der Waals surface area contributed by atoms with Gasteiger partial charge in [-0.2, -0.15) is 0 Å². The maximum Gasteiger partial charge on any atom is 0.243 e. The summed E-state index contributed by atoms with van der Waals surface area (Å²) in [6, 6.07) is 4.08. The van der Waals surface area contributed by atoms with E-state index in [-0.39, 0.29) is 36.1 Å². The second-order valence-corrected chi connectivity index (χ2v) is 5.89. The molecule has 2 atom stereocenters. The normalized spacial score (nSPS) is 20.7. The zero-order valence-electron chi connectivity index (χ0n) is 12.8. The van der Waals surface area contributed by atoms with E-state index >= 15 is 0 Å². The van der Waals surface area contributed by atoms with Crippen molar-refractivity contribution >= 4 is 11.8 Å². The Bertz CT molecular complexity index is 571. The van der Waals surface area contributed by atoms with Crippen molar-refractivity contribution in [2.45, 2.75) is 39.8 Å². The van der Waals surface area contributed by atoms with Gasteiger partial charge in [0.05, 0.1) is 12.6 Å². The molecule has 1 aromatic rings. The summed E-state index contributed by atoms with van der Waals surface area (Å²) in [6.07, 6.45) is 0. The molecule has 0 aromatic heterocycles. The summed E-state index contributed by atoms with van der Waals surface area (Å²) in [5.41, 5.74) is 1.26. The van der Waals surface area contributed by atoms with E-state index in [9.17, 15) is 14.0 Å². The third-order valence-electron chi connectivity index (χ3n) is 4.00. The van der Waals surface area contributed by atoms with Gasteiger partial charge in [0.25, 0.3) is 0 Å². The number of nitrogens with zero attached hydrogens (tertiary/aromatic N) is 1. The van der Waals surface area contributed by atoms with Crippen molar-refractivity contribution < 1.29 is 14.0 Å². The van der Waals surface area contributed by atoms with Crippen molar-refractivity contribution in [2.24, 2.45) is 5.92 Å². The lowest BCUT2D eigenvalue weighted by Gasteiger charge is -2.41. The first kappa shape index (κ1) is 15.5. The Morgan fingerprint density at radius 2 is 1.95 bits per heavy atom. The van der Waals surface area contributed by atoms with Gasteiger partial charge < -0.3 is 10.2 Å². The van der Waals surface area contributed by atoms with Gasteiger partial charge in [0.15, 0.2) is 0 Å². The molecule has 0 aliphatic carbocycles. The van der Waals surface area contributed by atoms with Crippen molar-refractivity contribution in [3.63, 3.8) is 0 Å². The van der Waals surface area contributed by atoms with E-state index in [1.807, 2.05) is 20.8 Å². The quantitative estimate of drug-likeness (QED) is 0.928. The average molecular weight is 292 g/mol. The van der Waals surface area contributed by atoms with E-state index in [2.05, 4.69) is 5.32 Å². The Kier molecular flexibility index (Phi) is 4.30. The Morgan fingerprint density at radius 3 is 2.52 bits per heavy atom. The first-order valence-corrected chi connectivity index (χ1v) is 7.18. The molecule has 1 aromatic carbocycles. The molecular formula is C16H21FN2O2. The van der Waals surface area contributed by atoms with Gasteiger partial charge in [0, 0.05) is 0 Å². The molecule has 5 heteroatoms. The number of carbonyl (C=O) groups excluding carboxylic acids is 2. The summed E-state index contributed by atoms with van der Waals surface area (Å²) >= 11 is 0. The second kappa shape index (κ2) is 5.84. The van der Waals surface area contributed by atoms with Gasteiger partial charge in [-0.1, -0.05) is 26.0 Å². The molecule has 21 heavy (non-hydrogen) atoms. The highest BCUT2D eigenvalue weighted by molar-refractivity contribution is 5.95. The molecule has 1 heterocycles. The van der Waals surface area contributed by atoms with Crippen molar-refractivity contribution in [3.05, 3.63) is 35.1 Å². The molecule has 1 fully saturated rings. The molecule has 1 saturated heterocycles. The Hall–Kier alpha value is -1.91. The lowest BCUT2D eigenvalue weighted by atomic mass is 9.95. The van der Waals surface area contributed by atoms with Gasteiger partial charge in [0.2, 0.25) is 11.8 Å². The van der Waals surface area contributed by atoms with Gasteiger partial charge in [-0.25, -0.2) is 4.39 Å². The molecule has 0 spiro atoms. The monoisotopic (exact) mass is 292 g/mol. The predicted molar refractivity (Wildman–Crippen MR) is 78.0 cm³/mol. The van der Waals surface area contributed by atoms with Gasteiger partial charge in [-0.05, 0) is 37.0 Å². The molecule has 0 saturated carbocycles. The van der Waals surface area contributed by atoms with E-state index in [0.29, 0.717) is 11.1 Å². The molecule has 0 bridgehead atoms. The summed E-state index contributed by atoms with van der Waals surface area (Å²) in [4.78, 5) is 25.9. The Balaban J connectivity index is 2.37. The number of aryl methyl sites for hydroxylation is 1. The SMILES string of the molecule is Cc1ccc(C(C)N2C(=O)CNC(=O)C2C(C)C)cc1F. The lowest BCUT2D eigenvalue weighted by Crippen LogP contribution is -2.60. The Morgan fingerprint density at radius 1 is 1.29 bits per heavy atom. The van der Waals surface area contributed by atoms with Crippen LogP contribution in [0.1, 0.15) is 37.9 Å². The topological polar surface area (TPSA) is 49.4 Å². The minimum atomic E-state index is -0.523. The van der Waals surface area contributed by atoms with Crippen LogP contribution in [0.15, 0.2) is 18.2 Å². The standard InChI is InChI=1S/C16H21FN2O2/c1-9(2)15-16(21)18-8-14(20)19(15)11(4)12-6-5-10(3)13(17)7-12/h5-7,9,11,15H,8H2,1-4H3,(H,18,21). The van der Waals surface area contributed by atoms with Crippen LogP contribution in [0.5, 0.6) is 0 Å². The first-order chi connectivity index (χ1) is 9.82. The number of amides is 2. The predicted octanol–water partition coefficient (Wildman–Crippen LogP) is 2.18. The van der Waals surface area contributed by atoms with Crippen LogP contribution >= 0.6 is 0 Å². The zero-order chi connectivity index (χ0) is 15.7. The van der Waals surface area contributed by atoms with Gasteiger partial charge in [-0.3, -0.25) is 9.59 Å². The third-order valence-corrected chi connectivity index (χ3v) is 4.00. The number of rotatable bonds is 3. The zero-order valence-corrected chi connectivity index (χ0v) is 12.8. The van der Waals surface area contributed by atoms with Crippen LogP contribution in [-0.4, -0.2) is 29.3 Å². The van der Waals surface area contributed by atoms with Gasteiger partial charge >= 0.3 is 0 Å². The van der Waals surface area contributed by atoms with Crippen molar-refractivity contribution in [3.8, 4) is 0 Å². The maximum absolute atomic E-state index is 13.8. The van der Waals surface area contributed by atoms with Crippen LogP contribution in [0.2, 0.25) is 0 Å². The van der Waals surface area contributed by atoms with E-state index < -0.39 is 6.04 Å². The number of carbonyl (C=O) groups is 2. The fraction of sp³-hybridized carbons (Fsp3) is 0.500. The molecule has 1 aliphatic rings. The van der Waals surface area contributed by atoms with E-state index in [4.69, 9.17) is 0 Å². The van der Waals surface area contributed by atoms with Crippen molar-refractivity contribution in [1.82, 2.24) is 10.2 Å².